The molecule has 0 heterocycles. The Morgan fingerprint density at radius 1 is 0.676 bits per heavy atom. The number of rotatable bonds is 6. The maximum Gasteiger partial charge on any atom is 0.419 e. The van der Waals surface area contributed by atoms with Crippen molar-refractivity contribution in [1.82, 2.24) is 0 Å². The first kappa shape index (κ1) is 23.8. The lowest BCUT2D eigenvalue weighted by molar-refractivity contribution is -0.140. The van der Waals surface area contributed by atoms with E-state index in [1.807, 2.05) is 18.2 Å². The number of aryl methyl sites for hydroxylation is 1. The Balaban J connectivity index is 1.54. The summed E-state index contributed by atoms with van der Waals surface area (Å²) in [6.45, 7) is 2.23. The maximum absolute atomic E-state index is 13.8. The predicted octanol–water partition coefficient (Wildman–Crippen LogP) is 9.06. The average molecular weight is 463 g/mol. The summed E-state index contributed by atoms with van der Waals surface area (Å²) in [4.78, 5) is 0. The number of alkyl halides is 3. The highest BCUT2D eigenvalue weighted by Crippen LogP contribution is 2.31. The summed E-state index contributed by atoms with van der Waals surface area (Å²) in [6, 6.07) is 19.4. The zero-order valence-corrected chi connectivity index (χ0v) is 19.1. The van der Waals surface area contributed by atoms with E-state index in [2.05, 4.69) is 49.1 Å². The van der Waals surface area contributed by atoms with Gasteiger partial charge in [-0.05, 0) is 70.3 Å². The van der Waals surface area contributed by atoms with Gasteiger partial charge in [0.25, 0.3) is 0 Å². The van der Waals surface area contributed by atoms with Gasteiger partial charge in [0.2, 0.25) is 0 Å². The van der Waals surface area contributed by atoms with Crippen LogP contribution < -0.4 is 0 Å². The Hall–Kier alpha value is -3.32. The van der Waals surface area contributed by atoms with Crippen LogP contribution in [0.1, 0.15) is 61.3 Å². The van der Waals surface area contributed by atoms with E-state index in [1.54, 1.807) is 0 Å². The van der Waals surface area contributed by atoms with Crippen molar-refractivity contribution < 1.29 is 17.6 Å². The van der Waals surface area contributed by atoms with Crippen molar-refractivity contribution >= 4 is 21.5 Å². The minimum absolute atomic E-state index is 0.200. The Labute approximate surface area is 197 Å². The Morgan fingerprint density at radius 2 is 1.29 bits per heavy atom. The van der Waals surface area contributed by atoms with Gasteiger partial charge < -0.3 is 0 Å². The van der Waals surface area contributed by atoms with Crippen LogP contribution in [-0.2, 0) is 12.6 Å². The van der Waals surface area contributed by atoms with Crippen LogP contribution in [-0.4, -0.2) is 0 Å². The van der Waals surface area contributed by atoms with Crippen LogP contribution in [0, 0.1) is 17.7 Å². The third-order valence-electron chi connectivity index (χ3n) is 6.09. The fourth-order valence-corrected chi connectivity index (χ4v) is 4.25. The topological polar surface area (TPSA) is 0 Å². The third kappa shape index (κ3) is 5.59. The van der Waals surface area contributed by atoms with Crippen molar-refractivity contribution in [1.29, 1.82) is 0 Å². The summed E-state index contributed by atoms with van der Waals surface area (Å²) in [5.41, 5.74) is 0.993. The summed E-state index contributed by atoms with van der Waals surface area (Å²) < 4.78 is 52.0. The van der Waals surface area contributed by atoms with Gasteiger partial charge >= 0.3 is 6.18 Å². The number of benzene rings is 4. The van der Waals surface area contributed by atoms with Crippen LogP contribution in [0.3, 0.4) is 0 Å². The highest BCUT2D eigenvalue weighted by Gasteiger charge is 2.33. The summed E-state index contributed by atoms with van der Waals surface area (Å²) in [7, 11) is 0. The normalized spacial score (nSPS) is 11.6. The molecule has 0 amide bonds. The molecular formula is C30H26F4. The van der Waals surface area contributed by atoms with Gasteiger partial charge in [-0.1, -0.05) is 80.8 Å². The van der Waals surface area contributed by atoms with Crippen molar-refractivity contribution in [3.05, 3.63) is 94.8 Å². The number of fused-ring (bicyclic) bond motifs is 3. The molecule has 4 aromatic carbocycles. The van der Waals surface area contributed by atoms with E-state index in [-0.39, 0.29) is 5.56 Å². The van der Waals surface area contributed by atoms with Crippen molar-refractivity contribution in [3.63, 3.8) is 0 Å². The molecule has 4 aromatic rings. The molecule has 0 saturated heterocycles. The molecule has 0 nitrogen and oxygen atoms in total. The highest BCUT2D eigenvalue weighted by molar-refractivity contribution is 6.07. The molecule has 4 rings (SSSR count). The second kappa shape index (κ2) is 10.3. The molecule has 0 spiro atoms. The predicted molar refractivity (Wildman–Crippen MR) is 131 cm³/mol. The van der Waals surface area contributed by atoms with Gasteiger partial charge in [0.15, 0.2) is 0 Å². The first-order valence-electron chi connectivity index (χ1n) is 11.7. The van der Waals surface area contributed by atoms with E-state index in [1.165, 1.54) is 54.5 Å². The van der Waals surface area contributed by atoms with E-state index in [4.69, 9.17) is 0 Å². The smallest absolute Gasteiger partial charge is 0.206 e. The molecule has 0 aliphatic heterocycles. The summed E-state index contributed by atoms with van der Waals surface area (Å²) in [5, 5.41) is 4.54. The molecule has 0 unspecified atom stereocenters. The standard InChI is InChI=1S/C30H26F4/c1-2-3-4-5-6-7-21-10-15-26-24(18-21)13-14-25-19-22(11-16-27(25)26)8-9-23-12-17-28(29(31)20-23)30(32,33)34/h10-20H,2-7H2,1H3. The van der Waals surface area contributed by atoms with Gasteiger partial charge in [-0.2, -0.15) is 13.2 Å². The molecule has 0 aliphatic carbocycles. The van der Waals surface area contributed by atoms with Crippen molar-refractivity contribution in [2.75, 3.05) is 0 Å². The Morgan fingerprint density at radius 3 is 1.97 bits per heavy atom. The monoisotopic (exact) mass is 462 g/mol. The molecule has 4 heteroatoms. The molecule has 0 atom stereocenters. The van der Waals surface area contributed by atoms with Crippen LogP contribution >= 0.6 is 0 Å². The summed E-state index contributed by atoms with van der Waals surface area (Å²) in [6.07, 6.45) is 2.72. The maximum atomic E-state index is 13.8. The quantitative estimate of drug-likeness (QED) is 0.116. The van der Waals surface area contributed by atoms with E-state index >= 15 is 0 Å². The molecule has 174 valence electrons. The van der Waals surface area contributed by atoms with E-state index in [0.29, 0.717) is 0 Å². The Kier molecular flexibility index (Phi) is 7.22. The fourth-order valence-electron chi connectivity index (χ4n) is 4.25. The molecule has 0 saturated carbocycles. The fraction of sp³-hybridized carbons (Fsp3) is 0.267. The number of halogens is 4. The minimum Gasteiger partial charge on any atom is -0.206 e. The molecule has 0 bridgehead atoms. The van der Waals surface area contributed by atoms with Crippen LogP contribution in [0.5, 0.6) is 0 Å². The molecule has 0 fully saturated rings. The van der Waals surface area contributed by atoms with E-state index in [0.717, 1.165) is 34.9 Å². The van der Waals surface area contributed by atoms with Gasteiger partial charge in [0.05, 0.1) is 5.56 Å². The first-order chi connectivity index (χ1) is 16.3. The lowest BCUT2D eigenvalue weighted by Gasteiger charge is -2.08. The van der Waals surface area contributed by atoms with Gasteiger partial charge in [0, 0.05) is 11.1 Å². The second-order valence-electron chi connectivity index (χ2n) is 8.66. The zero-order valence-electron chi connectivity index (χ0n) is 19.1. The van der Waals surface area contributed by atoms with Crippen LogP contribution in [0.4, 0.5) is 17.6 Å². The molecule has 34 heavy (non-hydrogen) atoms. The highest BCUT2D eigenvalue weighted by atomic mass is 19.4. The van der Waals surface area contributed by atoms with Gasteiger partial charge in [0.1, 0.15) is 5.82 Å². The number of hydrogen-bond donors (Lipinski definition) is 0. The Bertz CT molecular complexity index is 1370. The van der Waals surface area contributed by atoms with Crippen LogP contribution in [0.25, 0.3) is 21.5 Å². The molecule has 0 N–H and O–H groups in total. The van der Waals surface area contributed by atoms with Crippen molar-refractivity contribution in [3.8, 4) is 11.8 Å². The lowest BCUT2D eigenvalue weighted by Crippen LogP contribution is -2.07. The summed E-state index contributed by atoms with van der Waals surface area (Å²) >= 11 is 0. The van der Waals surface area contributed by atoms with Crippen molar-refractivity contribution in [2.45, 2.75) is 51.6 Å². The average Bonchev–Trinajstić information content (AvgIpc) is 2.81. The van der Waals surface area contributed by atoms with E-state index < -0.39 is 17.6 Å². The third-order valence-corrected chi connectivity index (χ3v) is 6.09. The van der Waals surface area contributed by atoms with E-state index in [9.17, 15) is 17.6 Å². The van der Waals surface area contributed by atoms with Gasteiger partial charge in [-0.25, -0.2) is 4.39 Å². The largest absolute Gasteiger partial charge is 0.419 e. The molecular weight excluding hydrogens is 436 g/mol. The minimum atomic E-state index is -4.72. The van der Waals surface area contributed by atoms with Gasteiger partial charge in [-0.15, -0.1) is 0 Å². The van der Waals surface area contributed by atoms with Crippen LogP contribution in [0.2, 0.25) is 0 Å². The number of hydrogen-bond acceptors (Lipinski definition) is 0. The molecule has 0 aliphatic rings. The second-order valence-corrected chi connectivity index (χ2v) is 8.66. The molecule has 0 radical (unpaired) electrons. The first-order valence-corrected chi connectivity index (χ1v) is 11.7. The van der Waals surface area contributed by atoms with Crippen LogP contribution in [0.15, 0.2) is 66.7 Å². The van der Waals surface area contributed by atoms with Crippen molar-refractivity contribution in [2.24, 2.45) is 0 Å². The number of unbranched alkanes of at least 4 members (excludes halogenated alkanes) is 4. The molecule has 0 aromatic heterocycles. The SMILES string of the molecule is CCCCCCCc1ccc2c(ccc3cc(C#Cc4ccc(C(F)(F)F)c(F)c4)ccc32)c1. The zero-order chi connectivity index (χ0) is 24.1. The summed E-state index contributed by atoms with van der Waals surface area (Å²) in [5.74, 6) is 4.38. The lowest BCUT2D eigenvalue weighted by atomic mass is 9.97. The van der Waals surface area contributed by atoms with Gasteiger partial charge in [-0.3, -0.25) is 0 Å².